The van der Waals surface area contributed by atoms with Gasteiger partial charge in [-0.15, -0.1) is 0 Å². The molecule has 1 rings (SSSR count). The molecule has 0 saturated heterocycles. The van der Waals surface area contributed by atoms with Crippen LogP contribution in [0.15, 0.2) is 52.2 Å². The molecule has 9 heteroatoms. The smallest absolute Gasteiger partial charge is 0.192 e. The summed E-state index contributed by atoms with van der Waals surface area (Å²) in [4.78, 5) is 0. The van der Waals surface area contributed by atoms with Crippen molar-refractivity contribution in [1.29, 1.82) is 0 Å². The molecule has 270 valence electrons. The van der Waals surface area contributed by atoms with E-state index in [-0.39, 0.29) is 35.2 Å². The van der Waals surface area contributed by atoms with Crippen LogP contribution in [0.1, 0.15) is 74.3 Å². The average molecular weight is 803 g/mol. The monoisotopic (exact) mass is 802 g/mol. The Kier molecular flexibility index (Phi) is 20.0. The first-order chi connectivity index (χ1) is 22.1. The maximum Gasteiger partial charge on any atom is 0.192 e. The number of benzene rings is 1. The van der Waals surface area contributed by atoms with Crippen molar-refractivity contribution in [3.63, 3.8) is 0 Å². The Hall–Kier alpha value is -0.956. The third-order valence-corrected chi connectivity index (χ3v) is 19.6. The second-order valence-corrected chi connectivity index (χ2v) is 24.6. The quantitative estimate of drug-likeness (QED) is 0.0504. The highest BCUT2D eigenvalue weighted by Crippen LogP contribution is 2.38. The highest BCUT2D eigenvalue weighted by Gasteiger charge is 2.40. The van der Waals surface area contributed by atoms with Crippen LogP contribution in [0.25, 0.3) is 0 Å². The number of allylic oxidation sites excluding steroid dienone is 2. The summed E-state index contributed by atoms with van der Waals surface area (Å²) in [5, 5.41) is 0.134. The Labute approximate surface area is 304 Å². The Morgan fingerprint density at radius 1 is 0.936 bits per heavy atom. The van der Waals surface area contributed by atoms with Gasteiger partial charge in [0.25, 0.3) is 0 Å². The topological polar surface area (TPSA) is 55.4 Å². The van der Waals surface area contributed by atoms with Gasteiger partial charge in [-0.1, -0.05) is 108 Å². The van der Waals surface area contributed by atoms with Gasteiger partial charge < -0.3 is 27.8 Å². The van der Waals surface area contributed by atoms with Crippen LogP contribution < -0.4 is 9.47 Å². The number of methoxy groups -OCH3 is 3. The third kappa shape index (κ3) is 14.1. The second-order valence-electron chi connectivity index (χ2n) is 14.4. The number of ether oxygens (including phenoxy) is 4. The van der Waals surface area contributed by atoms with Crippen LogP contribution in [-0.2, 0) is 24.9 Å². The van der Waals surface area contributed by atoms with Gasteiger partial charge in [0.05, 0.1) is 45.7 Å². The van der Waals surface area contributed by atoms with Crippen LogP contribution >= 0.6 is 22.6 Å². The van der Waals surface area contributed by atoms with E-state index in [1.165, 1.54) is 5.57 Å². The standard InChI is InChI=1S/C38H67IO6Si2/c1-15-47(16-2,17-3)45-37(30(5)27-43-28-32-21-22-33(40-10)26-36(32)42-12)31(6)35(41-11)25-29(4)24-34(20-18-19-23-39)44-46(13,14)38(7,8)9/h18-23,25-26,30-31,34-35,37H,15-17,24,27-28H2,1-14H3/b20-18+,23-19+,29-25+/t30-,31-,34+,35-,37-/m1/s1. The first kappa shape index (κ1) is 44.1. The highest BCUT2D eigenvalue weighted by atomic mass is 127. The SMILES string of the molecule is CC[Si](CC)(CC)O[C@@H]([C@H](C)[C@@H](/C=C(\C)C[C@H](/C=C/C=C/I)O[Si](C)(C)C(C)(C)C)OC)[C@H](C)COCc1ccc(OC)cc1OC. The summed E-state index contributed by atoms with van der Waals surface area (Å²) >= 11 is 2.25. The van der Waals surface area contributed by atoms with Crippen molar-refractivity contribution < 1.29 is 27.8 Å². The summed E-state index contributed by atoms with van der Waals surface area (Å²) in [6, 6.07) is 9.13. The Morgan fingerprint density at radius 3 is 2.09 bits per heavy atom. The predicted molar refractivity (Wildman–Crippen MR) is 213 cm³/mol. The molecule has 0 amide bonds. The molecule has 0 radical (unpaired) electrons. The lowest BCUT2D eigenvalue weighted by atomic mass is 9.88. The van der Waals surface area contributed by atoms with Gasteiger partial charge in [0.2, 0.25) is 0 Å². The minimum Gasteiger partial charge on any atom is -0.497 e. The fraction of sp³-hybridized carbons (Fsp3) is 0.684. The fourth-order valence-corrected chi connectivity index (χ4v) is 10.2. The van der Waals surface area contributed by atoms with Crippen LogP contribution in [0.3, 0.4) is 0 Å². The Balaban J connectivity index is 3.30. The lowest BCUT2D eigenvalue weighted by Gasteiger charge is -2.41. The molecule has 0 bridgehead atoms. The van der Waals surface area contributed by atoms with E-state index in [2.05, 4.69) is 122 Å². The van der Waals surface area contributed by atoms with Crippen molar-refractivity contribution >= 4 is 39.2 Å². The number of halogens is 1. The highest BCUT2D eigenvalue weighted by molar-refractivity contribution is 14.1. The van der Waals surface area contributed by atoms with Crippen LogP contribution in [0.2, 0.25) is 36.3 Å². The van der Waals surface area contributed by atoms with E-state index in [1.54, 1.807) is 14.2 Å². The first-order valence-corrected chi connectivity index (χ1v) is 24.0. The van der Waals surface area contributed by atoms with Crippen LogP contribution in [0.5, 0.6) is 11.5 Å². The van der Waals surface area contributed by atoms with Gasteiger partial charge in [0, 0.05) is 30.6 Å². The molecule has 0 unspecified atom stereocenters. The maximum atomic E-state index is 7.27. The third-order valence-electron chi connectivity index (χ3n) is 10.1. The first-order valence-electron chi connectivity index (χ1n) is 17.3. The van der Waals surface area contributed by atoms with E-state index in [9.17, 15) is 0 Å². The van der Waals surface area contributed by atoms with Crippen molar-refractivity contribution in [2.45, 2.75) is 130 Å². The number of hydrogen-bond donors (Lipinski definition) is 0. The predicted octanol–water partition coefficient (Wildman–Crippen LogP) is 11.1. The molecule has 0 aliphatic rings. The van der Waals surface area contributed by atoms with Crippen LogP contribution in [0.4, 0.5) is 0 Å². The summed E-state index contributed by atoms with van der Waals surface area (Å²) in [6.07, 6.45) is 9.36. The molecule has 0 aliphatic heterocycles. The van der Waals surface area contributed by atoms with Gasteiger partial charge in [-0.05, 0) is 65.8 Å². The molecule has 47 heavy (non-hydrogen) atoms. The van der Waals surface area contributed by atoms with Gasteiger partial charge in [-0.3, -0.25) is 0 Å². The maximum absolute atomic E-state index is 7.27. The van der Waals surface area contributed by atoms with Crippen molar-refractivity contribution in [3.8, 4) is 11.5 Å². The summed E-state index contributed by atoms with van der Waals surface area (Å²) in [6.45, 7) is 26.2. The molecule has 1 aromatic carbocycles. The molecule has 0 aromatic heterocycles. The zero-order chi connectivity index (χ0) is 35.8. The minimum atomic E-state index is -1.97. The molecular formula is C38H67IO6Si2. The Bertz CT molecular complexity index is 1120. The number of hydrogen-bond acceptors (Lipinski definition) is 6. The molecule has 6 nitrogen and oxygen atoms in total. The number of rotatable bonds is 22. The largest absolute Gasteiger partial charge is 0.497 e. The summed E-state index contributed by atoms with van der Waals surface area (Å²) in [5.74, 6) is 1.82. The van der Waals surface area contributed by atoms with Gasteiger partial charge in [0.1, 0.15) is 11.5 Å². The normalized spacial score (nSPS) is 16.8. The zero-order valence-corrected chi connectivity index (χ0v) is 36.2. The molecule has 0 spiro atoms. The fourth-order valence-electron chi connectivity index (χ4n) is 5.67. The lowest BCUT2D eigenvalue weighted by Crippen LogP contribution is -2.47. The average Bonchev–Trinajstić information content (AvgIpc) is 3.03. The van der Waals surface area contributed by atoms with Crippen molar-refractivity contribution in [1.82, 2.24) is 0 Å². The van der Waals surface area contributed by atoms with Gasteiger partial charge in [-0.2, -0.15) is 0 Å². The lowest BCUT2D eigenvalue weighted by molar-refractivity contribution is -0.0263. The van der Waals surface area contributed by atoms with E-state index in [0.29, 0.717) is 13.2 Å². The van der Waals surface area contributed by atoms with Crippen LogP contribution in [0, 0.1) is 11.8 Å². The molecule has 5 atom stereocenters. The van der Waals surface area contributed by atoms with Gasteiger partial charge in [0.15, 0.2) is 16.6 Å². The molecule has 0 N–H and O–H groups in total. The molecule has 0 aliphatic carbocycles. The summed E-state index contributed by atoms with van der Waals surface area (Å²) < 4.78 is 39.7. The molecular weight excluding hydrogens is 735 g/mol. The van der Waals surface area contributed by atoms with E-state index >= 15 is 0 Å². The van der Waals surface area contributed by atoms with Gasteiger partial charge >= 0.3 is 0 Å². The van der Waals surface area contributed by atoms with Crippen molar-refractivity contribution in [3.05, 3.63) is 57.7 Å². The molecule has 1 aromatic rings. The second kappa shape index (κ2) is 21.3. The van der Waals surface area contributed by atoms with Crippen molar-refractivity contribution in [2.24, 2.45) is 11.8 Å². The van der Waals surface area contributed by atoms with Gasteiger partial charge in [-0.25, -0.2) is 0 Å². The molecule has 0 fully saturated rings. The van der Waals surface area contributed by atoms with Crippen molar-refractivity contribution in [2.75, 3.05) is 27.9 Å². The van der Waals surface area contributed by atoms with Crippen LogP contribution in [-0.4, -0.2) is 62.9 Å². The Morgan fingerprint density at radius 2 is 1.57 bits per heavy atom. The minimum absolute atomic E-state index is 0.00204. The summed E-state index contributed by atoms with van der Waals surface area (Å²) in [7, 11) is 1.27. The van der Waals surface area contributed by atoms with E-state index in [1.807, 2.05) is 29.4 Å². The zero-order valence-electron chi connectivity index (χ0n) is 32.1. The van der Waals surface area contributed by atoms with E-state index < -0.39 is 16.6 Å². The molecule has 0 heterocycles. The molecule has 0 saturated carbocycles. The van der Waals surface area contributed by atoms with E-state index in [0.717, 1.165) is 41.6 Å². The van der Waals surface area contributed by atoms with E-state index in [4.69, 9.17) is 27.8 Å². The summed E-state index contributed by atoms with van der Waals surface area (Å²) in [5.41, 5.74) is 2.26.